The van der Waals surface area contributed by atoms with Gasteiger partial charge in [0.25, 0.3) is 0 Å². The van der Waals surface area contributed by atoms with Crippen molar-refractivity contribution in [2.75, 3.05) is 0 Å². The molecule has 2 aliphatic carbocycles. The van der Waals surface area contributed by atoms with E-state index in [2.05, 4.69) is 6.08 Å². The van der Waals surface area contributed by atoms with Crippen LogP contribution in [0.4, 0.5) is 4.39 Å². The predicted octanol–water partition coefficient (Wildman–Crippen LogP) is 6.62. The van der Waals surface area contributed by atoms with Gasteiger partial charge in [-0.15, -0.1) is 0 Å². The van der Waals surface area contributed by atoms with Gasteiger partial charge in [0.1, 0.15) is 11.9 Å². The summed E-state index contributed by atoms with van der Waals surface area (Å²) in [4.78, 5) is 12.6. The van der Waals surface area contributed by atoms with Crippen molar-refractivity contribution in [1.82, 2.24) is 0 Å². The van der Waals surface area contributed by atoms with Crippen LogP contribution >= 0.6 is 0 Å². The number of nitrogens with zero attached hydrogens (tertiary/aromatic N) is 1. The lowest BCUT2D eigenvalue weighted by atomic mass is 9.79. The van der Waals surface area contributed by atoms with E-state index in [1.54, 1.807) is 6.08 Å². The number of carbonyl (C=O) groups is 1. The minimum Gasteiger partial charge on any atom is -0.462 e. The summed E-state index contributed by atoms with van der Waals surface area (Å²) in [5.41, 5.74) is 1.19. The fraction of sp³-hybridized carbons (Fsp3) is 0.538. The van der Waals surface area contributed by atoms with Crippen molar-refractivity contribution in [3.05, 3.63) is 60.0 Å². The van der Waals surface area contributed by atoms with E-state index in [4.69, 9.17) is 10.00 Å². The zero-order valence-corrected chi connectivity index (χ0v) is 17.6. The van der Waals surface area contributed by atoms with Crippen LogP contribution in [0.3, 0.4) is 0 Å². The molecule has 4 heteroatoms. The van der Waals surface area contributed by atoms with Crippen LogP contribution in [-0.2, 0) is 9.53 Å². The molecular formula is C26H32FNO2. The van der Waals surface area contributed by atoms with E-state index < -0.39 is 0 Å². The van der Waals surface area contributed by atoms with Gasteiger partial charge in [-0.2, -0.15) is 5.26 Å². The summed E-state index contributed by atoms with van der Waals surface area (Å²) < 4.78 is 19.0. The fourth-order valence-electron chi connectivity index (χ4n) is 4.80. The first-order valence-corrected chi connectivity index (χ1v) is 11.3. The molecule has 0 bridgehead atoms. The molecule has 3 rings (SSSR count). The van der Waals surface area contributed by atoms with Gasteiger partial charge in [0, 0.05) is 6.08 Å². The average molecular weight is 410 g/mol. The Morgan fingerprint density at radius 3 is 2.40 bits per heavy atom. The number of carbonyl (C=O) groups excluding carboxylic acids is 1. The number of allylic oxidation sites excluding steroid dienone is 4. The minimum absolute atomic E-state index is 0.000202. The summed E-state index contributed by atoms with van der Waals surface area (Å²) in [5, 5.41) is 8.45. The van der Waals surface area contributed by atoms with Gasteiger partial charge in [0.15, 0.2) is 0 Å². The van der Waals surface area contributed by atoms with Gasteiger partial charge in [-0.05, 0) is 93.7 Å². The molecule has 0 spiro atoms. The molecule has 30 heavy (non-hydrogen) atoms. The fourth-order valence-corrected chi connectivity index (χ4v) is 4.80. The van der Waals surface area contributed by atoms with E-state index in [0.717, 1.165) is 64.2 Å². The van der Waals surface area contributed by atoms with E-state index in [-0.39, 0.29) is 23.8 Å². The Morgan fingerprint density at radius 2 is 1.73 bits per heavy atom. The number of nitriles is 1. The third kappa shape index (κ3) is 6.83. The summed E-state index contributed by atoms with van der Waals surface area (Å²) in [6.07, 6.45) is 17.3. The lowest BCUT2D eigenvalue weighted by Crippen LogP contribution is -2.29. The number of ether oxygens (including phenoxy) is 1. The maximum atomic E-state index is 13.1. The molecule has 0 aliphatic heterocycles. The molecule has 0 atom stereocenters. The first-order chi connectivity index (χ1) is 14.7. The topological polar surface area (TPSA) is 50.1 Å². The van der Waals surface area contributed by atoms with E-state index >= 15 is 0 Å². The minimum atomic E-state index is -0.194. The molecule has 0 radical (unpaired) electrons. The number of benzene rings is 1. The monoisotopic (exact) mass is 409 g/mol. The smallest absolute Gasteiger partial charge is 0.309 e. The molecular weight excluding hydrogens is 377 g/mol. The molecule has 2 fully saturated rings. The Morgan fingerprint density at radius 1 is 1.03 bits per heavy atom. The highest BCUT2D eigenvalue weighted by atomic mass is 19.1. The van der Waals surface area contributed by atoms with E-state index in [9.17, 15) is 9.18 Å². The number of hydrogen-bond acceptors (Lipinski definition) is 3. The Labute approximate surface area is 179 Å². The van der Waals surface area contributed by atoms with Crippen LogP contribution in [0.5, 0.6) is 0 Å². The summed E-state index contributed by atoms with van der Waals surface area (Å²) >= 11 is 0. The Hall–Kier alpha value is -2.41. The number of rotatable bonds is 7. The van der Waals surface area contributed by atoms with Gasteiger partial charge in [0.2, 0.25) is 0 Å². The van der Waals surface area contributed by atoms with Gasteiger partial charge in [-0.1, -0.05) is 30.4 Å². The summed E-state index contributed by atoms with van der Waals surface area (Å²) in [6.45, 7) is 0. The van der Waals surface area contributed by atoms with Crippen molar-refractivity contribution in [3.63, 3.8) is 0 Å². The molecule has 0 aromatic heterocycles. The van der Waals surface area contributed by atoms with E-state index in [1.165, 1.54) is 23.8 Å². The predicted molar refractivity (Wildman–Crippen MR) is 116 cm³/mol. The second kappa shape index (κ2) is 11.7. The van der Waals surface area contributed by atoms with E-state index in [1.807, 2.05) is 24.3 Å². The Balaban J connectivity index is 1.33. The van der Waals surface area contributed by atoms with Crippen LogP contribution in [0.2, 0.25) is 0 Å². The SMILES string of the molecule is N#CC=CC=CCC[C@H]1CC[C@H](C(=O)O[C@H]2CC[C@H](c3ccc(F)cc3)CC2)CC1. The van der Waals surface area contributed by atoms with Gasteiger partial charge in [-0.3, -0.25) is 4.79 Å². The zero-order chi connectivity index (χ0) is 21.2. The Bertz CT molecular complexity index is 761. The van der Waals surface area contributed by atoms with Crippen LogP contribution in [0, 0.1) is 29.0 Å². The second-order valence-electron chi connectivity index (χ2n) is 8.67. The number of esters is 1. The average Bonchev–Trinajstić information content (AvgIpc) is 2.78. The van der Waals surface area contributed by atoms with Gasteiger partial charge < -0.3 is 4.74 Å². The summed E-state index contributed by atoms with van der Waals surface area (Å²) in [7, 11) is 0. The third-order valence-corrected chi connectivity index (χ3v) is 6.64. The van der Waals surface area contributed by atoms with Crippen LogP contribution in [0.1, 0.15) is 75.7 Å². The van der Waals surface area contributed by atoms with Crippen molar-refractivity contribution >= 4 is 5.97 Å². The quantitative estimate of drug-likeness (QED) is 0.289. The molecule has 1 aromatic rings. The highest BCUT2D eigenvalue weighted by Crippen LogP contribution is 2.36. The summed E-state index contributed by atoms with van der Waals surface area (Å²) in [6, 6.07) is 8.79. The van der Waals surface area contributed by atoms with Crippen molar-refractivity contribution < 1.29 is 13.9 Å². The van der Waals surface area contributed by atoms with Crippen molar-refractivity contribution in [3.8, 4) is 6.07 Å². The molecule has 0 unspecified atom stereocenters. The molecule has 2 aliphatic rings. The second-order valence-corrected chi connectivity index (χ2v) is 8.67. The van der Waals surface area contributed by atoms with Crippen molar-refractivity contribution in [2.45, 2.75) is 76.2 Å². The first kappa shape index (κ1) is 22.3. The van der Waals surface area contributed by atoms with Gasteiger partial charge >= 0.3 is 5.97 Å². The number of hydrogen-bond donors (Lipinski definition) is 0. The molecule has 2 saturated carbocycles. The standard InChI is InChI=1S/C26H32FNO2/c27-24-15-11-21(12-16-24)22-13-17-25(18-14-22)30-26(29)23-9-7-20(8-10-23)6-4-2-1-3-5-19-28/h1-3,5,11-12,15-16,20,22-23,25H,4,6-10,13-14,17-18H2/t20-,22-,23-,25-. The maximum absolute atomic E-state index is 13.1. The molecule has 0 saturated heterocycles. The lowest BCUT2D eigenvalue weighted by molar-refractivity contribution is -0.157. The summed E-state index contributed by atoms with van der Waals surface area (Å²) in [5.74, 6) is 0.996. The lowest BCUT2D eigenvalue weighted by Gasteiger charge is -2.31. The maximum Gasteiger partial charge on any atom is 0.309 e. The van der Waals surface area contributed by atoms with Crippen LogP contribution in [0.25, 0.3) is 0 Å². The normalized spacial score (nSPS) is 27.2. The third-order valence-electron chi connectivity index (χ3n) is 6.64. The molecule has 0 amide bonds. The van der Waals surface area contributed by atoms with Gasteiger partial charge in [0.05, 0.1) is 12.0 Å². The zero-order valence-electron chi connectivity index (χ0n) is 17.6. The molecule has 0 N–H and O–H groups in total. The molecule has 160 valence electrons. The highest BCUT2D eigenvalue weighted by molar-refractivity contribution is 5.72. The largest absolute Gasteiger partial charge is 0.462 e. The Kier molecular flexibility index (Phi) is 8.68. The molecule has 3 nitrogen and oxygen atoms in total. The van der Waals surface area contributed by atoms with E-state index in [0.29, 0.717) is 11.8 Å². The molecule has 0 heterocycles. The number of halogens is 1. The van der Waals surface area contributed by atoms with Crippen LogP contribution < -0.4 is 0 Å². The van der Waals surface area contributed by atoms with Crippen molar-refractivity contribution in [1.29, 1.82) is 5.26 Å². The highest BCUT2D eigenvalue weighted by Gasteiger charge is 2.30. The molecule has 1 aromatic carbocycles. The van der Waals surface area contributed by atoms with Crippen LogP contribution in [0.15, 0.2) is 48.6 Å². The first-order valence-electron chi connectivity index (χ1n) is 11.3. The van der Waals surface area contributed by atoms with Crippen LogP contribution in [-0.4, -0.2) is 12.1 Å². The van der Waals surface area contributed by atoms with Crippen molar-refractivity contribution in [2.24, 2.45) is 11.8 Å². The van der Waals surface area contributed by atoms with Gasteiger partial charge in [-0.25, -0.2) is 4.39 Å².